The molecule has 2 nitrogen and oxygen atoms in total. The largest absolute Gasteiger partial charge is 0.416 e. The molecule has 106 valence electrons. The Balaban J connectivity index is 2.31. The van der Waals surface area contributed by atoms with E-state index in [1.807, 2.05) is 0 Å². The van der Waals surface area contributed by atoms with Crippen molar-refractivity contribution in [1.82, 2.24) is 4.98 Å². The molecule has 0 aliphatic rings. The van der Waals surface area contributed by atoms with Crippen LogP contribution in [-0.2, 0) is 12.8 Å². The second kappa shape index (κ2) is 6.15. The monoisotopic (exact) mass is 363 g/mol. The number of rotatable bonds is 3. The van der Waals surface area contributed by atoms with E-state index in [1.54, 1.807) is 18.3 Å². The normalized spacial score (nSPS) is 11.7. The third kappa shape index (κ3) is 3.74. The first kappa shape index (κ1) is 15.3. The number of hydrogen-bond donors (Lipinski definition) is 1. The zero-order chi connectivity index (χ0) is 14.8. The van der Waals surface area contributed by atoms with E-state index in [0.29, 0.717) is 9.92 Å². The van der Waals surface area contributed by atoms with Crippen molar-refractivity contribution in [2.45, 2.75) is 22.7 Å². The number of pyridine rings is 1. The molecule has 1 heterocycles. The van der Waals surface area contributed by atoms with Crippen LogP contribution in [0.2, 0.25) is 0 Å². The van der Waals surface area contributed by atoms with Crippen LogP contribution in [0.4, 0.5) is 13.2 Å². The van der Waals surface area contributed by atoms with Crippen molar-refractivity contribution in [2.75, 3.05) is 0 Å². The molecule has 1 aromatic carbocycles. The molecule has 0 saturated heterocycles. The van der Waals surface area contributed by atoms with Gasteiger partial charge < -0.3 is 5.11 Å². The van der Waals surface area contributed by atoms with E-state index in [2.05, 4.69) is 20.9 Å². The van der Waals surface area contributed by atoms with E-state index in [-0.39, 0.29) is 5.56 Å². The lowest BCUT2D eigenvalue weighted by atomic mass is 10.1. The molecule has 0 bridgehead atoms. The fourth-order valence-corrected chi connectivity index (χ4v) is 2.59. The molecule has 7 heteroatoms. The van der Waals surface area contributed by atoms with Gasteiger partial charge in [-0.3, -0.25) is 0 Å². The second-order valence-corrected chi connectivity index (χ2v) is 5.90. The SMILES string of the molecule is OCc1ccc(Sc2ccc(Br)cn2)cc1C(F)(F)F. The van der Waals surface area contributed by atoms with Crippen LogP contribution in [0.15, 0.2) is 50.9 Å². The third-order valence-electron chi connectivity index (χ3n) is 2.48. The van der Waals surface area contributed by atoms with Crippen molar-refractivity contribution in [3.8, 4) is 0 Å². The van der Waals surface area contributed by atoms with E-state index in [1.165, 1.54) is 12.1 Å². The molecule has 0 atom stereocenters. The van der Waals surface area contributed by atoms with Gasteiger partial charge >= 0.3 is 6.18 Å². The van der Waals surface area contributed by atoms with Crippen LogP contribution in [0.3, 0.4) is 0 Å². The topological polar surface area (TPSA) is 33.1 Å². The van der Waals surface area contributed by atoms with E-state index in [4.69, 9.17) is 5.11 Å². The molecule has 0 unspecified atom stereocenters. The molecular weight excluding hydrogens is 355 g/mol. The minimum atomic E-state index is -4.48. The van der Waals surface area contributed by atoms with Crippen molar-refractivity contribution in [2.24, 2.45) is 0 Å². The first-order valence-corrected chi connectivity index (χ1v) is 7.11. The summed E-state index contributed by atoms with van der Waals surface area (Å²) in [5, 5.41) is 9.56. The van der Waals surface area contributed by atoms with Gasteiger partial charge in [-0.15, -0.1) is 0 Å². The second-order valence-electron chi connectivity index (χ2n) is 3.89. The first-order valence-electron chi connectivity index (χ1n) is 5.50. The van der Waals surface area contributed by atoms with Crippen molar-refractivity contribution in [3.63, 3.8) is 0 Å². The Labute approximate surface area is 126 Å². The summed E-state index contributed by atoms with van der Waals surface area (Å²) in [4.78, 5) is 4.51. The summed E-state index contributed by atoms with van der Waals surface area (Å²) in [6.07, 6.45) is -2.91. The number of alkyl halides is 3. The maximum Gasteiger partial charge on any atom is 0.416 e. The Hall–Kier alpha value is -1.05. The summed E-state index contributed by atoms with van der Waals surface area (Å²) in [5.74, 6) is 0. The zero-order valence-electron chi connectivity index (χ0n) is 9.99. The summed E-state index contributed by atoms with van der Waals surface area (Å²) < 4.78 is 39.4. The molecule has 1 aromatic heterocycles. The Morgan fingerprint density at radius 2 is 1.95 bits per heavy atom. The molecular formula is C13H9BrF3NOS. The molecule has 2 rings (SSSR count). The average Bonchev–Trinajstić information content (AvgIpc) is 2.40. The fraction of sp³-hybridized carbons (Fsp3) is 0.154. The minimum Gasteiger partial charge on any atom is -0.392 e. The molecule has 0 fully saturated rings. The van der Waals surface area contributed by atoms with Crippen LogP contribution in [-0.4, -0.2) is 10.1 Å². The van der Waals surface area contributed by atoms with E-state index >= 15 is 0 Å². The summed E-state index contributed by atoms with van der Waals surface area (Å²) in [6.45, 7) is -0.643. The van der Waals surface area contributed by atoms with Gasteiger partial charge in [-0.2, -0.15) is 13.2 Å². The van der Waals surface area contributed by atoms with E-state index in [0.717, 1.165) is 22.3 Å². The van der Waals surface area contributed by atoms with Gasteiger partial charge in [-0.05, 0) is 45.8 Å². The zero-order valence-corrected chi connectivity index (χ0v) is 12.4. The van der Waals surface area contributed by atoms with Crippen molar-refractivity contribution < 1.29 is 18.3 Å². The number of aromatic nitrogens is 1. The quantitative estimate of drug-likeness (QED) is 0.870. The van der Waals surface area contributed by atoms with Gasteiger partial charge in [0.25, 0.3) is 0 Å². The Morgan fingerprint density at radius 3 is 2.50 bits per heavy atom. The lowest BCUT2D eigenvalue weighted by molar-refractivity contribution is -0.138. The highest BCUT2D eigenvalue weighted by Gasteiger charge is 2.33. The Bertz CT molecular complexity index is 602. The predicted molar refractivity (Wildman–Crippen MR) is 73.4 cm³/mol. The maximum atomic E-state index is 12.9. The van der Waals surface area contributed by atoms with Crippen molar-refractivity contribution >= 4 is 27.7 Å². The van der Waals surface area contributed by atoms with Crippen molar-refractivity contribution in [1.29, 1.82) is 0 Å². The standard InChI is InChI=1S/C13H9BrF3NOS/c14-9-2-4-12(18-6-9)20-10-3-1-8(7-19)11(5-10)13(15,16)17/h1-6,19H,7H2. The van der Waals surface area contributed by atoms with Gasteiger partial charge in [0.1, 0.15) is 5.03 Å². The van der Waals surface area contributed by atoms with Crippen LogP contribution >= 0.6 is 27.7 Å². The van der Waals surface area contributed by atoms with Gasteiger partial charge in [0.15, 0.2) is 0 Å². The number of aliphatic hydroxyl groups excluding tert-OH is 1. The molecule has 0 amide bonds. The lowest BCUT2D eigenvalue weighted by Crippen LogP contribution is -2.09. The van der Waals surface area contributed by atoms with Gasteiger partial charge in [0.05, 0.1) is 12.2 Å². The molecule has 20 heavy (non-hydrogen) atoms. The highest BCUT2D eigenvalue weighted by Crippen LogP contribution is 2.36. The summed E-state index contributed by atoms with van der Waals surface area (Å²) in [5.41, 5.74) is -0.951. The highest BCUT2D eigenvalue weighted by molar-refractivity contribution is 9.10. The molecule has 1 N–H and O–H groups in total. The molecule has 0 saturated carbocycles. The van der Waals surface area contributed by atoms with Crippen LogP contribution in [0.5, 0.6) is 0 Å². The Kier molecular flexibility index (Phi) is 4.72. The van der Waals surface area contributed by atoms with Crippen molar-refractivity contribution in [3.05, 3.63) is 52.1 Å². The number of aliphatic hydroxyl groups is 1. The van der Waals surface area contributed by atoms with Gasteiger partial charge in [-0.1, -0.05) is 17.8 Å². The third-order valence-corrected chi connectivity index (χ3v) is 3.89. The summed E-state index contributed by atoms with van der Waals surface area (Å²) in [7, 11) is 0. The van der Waals surface area contributed by atoms with E-state index < -0.39 is 18.3 Å². The molecule has 0 aliphatic carbocycles. The summed E-state index contributed by atoms with van der Waals surface area (Å²) in [6, 6.07) is 7.32. The van der Waals surface area contributed by atoms with Gasteiger partial charge in [0, 0.05) is 15.6 Å². The molecule has 0 spiro atoms. The number of halogens is 4. The Morgan fingerprint density at radius 1 is 1.20 bits per heavy atom. The number of benzene rings is 1. The van der Waals surface area contributed by atoms with Crippen LogP contribution in [0.1, 0.15) is 11.1 Å². The van der Waals surface area contributed by atoms with Crippen LogP contribution in [0, 0.1) is 0 Å². The smallest absolute Gasteiger partial charge is 0.392 e. The van der Waals surface area contributed by atoms with Crippen LogP contribution < -0.4 is 0 Å². The van der Waals surface area contributed by atoms with E-state index in [9.17, 15) is 13.2 Å². The number of nitrogens with zero attached hydrogens (tertiary/aromatic N) is 1. The summed E-state index contributed by atoms with van der Waals surface area (Å²) >= 11 is 4.37. The van der Waals surface area contributed by atoms with Gasteiger partial charge in [0.2, 0.25) is 0 Å². The average molecular weight is 364 g/mol. The number of hydrogen-bond acceptors (Lipinski definition) is 3. The fourth-order valence-electron chi connectivity index (χ4n) is 1.56. The van der Waals surface area contributed by atoms with Crippen LogP contribution in [0.25, 0.3) is 0 Å². The maximum absolute atomic E-state index is 12.9. The first-order chi connectivity index (χ1) is 9.40. The molecule has 0 aliphatic heterocycles. The molecule has 2 aromatic rings. The highest BCUT2D eigenvalue weighted by atomic mass is 79.9. The molecule has 0 radical (unpaired) electrons. The lowest BCUT2D eigenvalue weighted by Gasteiger charge is -2.12. The minimum absolute atomic E-state index is 0.134. The predicted octanol–water partition coefficient (Wildman–Crippen LogP) is 4.51. The van der Waals surface area contributed by atoms with Gasteiger partial charge in [-0.25, -0.2) is 4.98 Å².